The number of nitrogens with one attached hydrogen (secondary N) is 1. The maximum Gasteiger partial charge on any atom is 0.230 e. The Morgan fingerprint density at radius 3 is 2.18 bits per heavy atom. The summed E-state index contributed by atoms with van der Waals surface area (Å²) in [4.78, 5) is 13.1. The molecule has 148 valence electrons. The average molecular weight is 383 g/mol. The smallest absolute Gasteiger partial charge is 0.230 e. The van der Waals surface area contributed by atoms with Crippen molar-refractivity contribution in [2.45, 2.75) is 36.5 Å². The molecule has 2 fully saturated rings. The van der Waals surface area contributed by atoms with Gasteiger partial charge in [-0.3, -0.25) is 4.79 Å². The van der Waals surface area contributed by atoms with Crippen LogP contribution in [0.25, 0.3) is 0 Å². The van der Waals surface area contributed by atoms with Gasteiger partial charge < -0.3 is 14.8 Å². The van der Waals surface area contributed by atoms with E-state index >= 15 is 0 Å². The second-order valence-electron chi connectivity index (χ2n) is 7.89. The molecule has 1 aliphatic heterocycles. The third-order valence-electron chi connectivity index (χ3n) is 6.32. The standard InChI is InChI=1S/C23H26FNO3/c1-27-20-8-4-17(5-9-20)22(12-14-28-15-13-22)16-25-21(26)23(10-11-23)18-2-6-19(24)7-3-18/h2-9H,10-16H2,1H3,(H,25,26). The fourth-order valence-electron chi connectivity index (χ4n) is 4.23. The minimum absolute atomic E-state index is 0.0403. The summed E-state index contributed by atoms with van der Waals surface area (Å²) in [7, 11) is 1.66. The molecule has 1 aliphatic carbocycles. The summed E-state index contributed by atoms with van der Waals surface area (Å²) in [6, 6.07) is 14.4. The number of ether oxygens (including phenoxy) is 2. The van der Waals surface area contributed by atoms with Crippen LogP contribution in [0.1, 0.15) is 36.8 Å². The van der Waals surface area contributed by atoms with E-state index in [1.807, 2.05) is 12.1 Å². The van der Waals surface area contributed by atoms with Gasteiger partial charge in [-0.15, -0.1) is 0 Å². The molecule has 0 aromatic heterocycles. The zero-order chi connectivity index (χ0) is 19.6. The normalized spacial score (nSPS) is 19.6. The van der Waals surface area contributed by atoms with Gasteiger partial charge in [0.15, 0.2) is 0 Å². The van der Waals surface area contributed by atoms with Crippen molar-refractivity contribution in [2.24, 2.45) is 0 Å². The Balaban J connectivity index is 1.51. The van der Waals surface area contributed by atoms with Gasteiger partial charge in [0.25, 0.3) is 0 Å². The highest BCUT2D eigenvalue weighted by Crippen LogP contribution is 2.48. The second kappa shape index (κ2) is 7.55. The fourth-order valence-corrected chi connectivity index (χ4v) is 4.23. The quantitative estimate of drug-likeness (QED) is 0.827. The molecule has 1 saturated carbocycles. The fraction of sp³-hybridized carbons (Fsp3) is 0.435. The summed E-state index contributed by atoms with van der Waals surface area (Å²) >= 11 is 0. The van der Waals surface area contributed by atoms with Gasteiger partial charge in [-0.05, 0) is 61.1 Å². The van der Waals surface area contributed by atoms with Crippen LogP contribution in [0.5, 0.6) is 5.75 Å². The van der Waals surface area contributed by atoms with Crippen molar-refractivity contribution in [3.05, 3.63) is 65.5 Å². The summed E-state index contributed by atoms with van der Waals surface area (Å²) in [6.07, 6.45) is 3.35. The number of carbonyl (C=O) groups excluding carboxylic acids is 1. The monoisotopic (exact) mass is 383 g/mol. The van der Waals surface area contributed by atoms with Crippen molar-refractivity contribution < 1.29 is 18.7 Å². The van der Waals surface area contributed by atoms with Crippen LogP contribution >= 0.6 is 0 Å². The highest BCUT2D eigenvalue weighted by Gasteiger charge is 2.51. The number of methoxy groups -OCH3 is 1. The minimum Gasteiger partial charge on any atom is -0.497 e. The predicted molar refractivity (Wildman–Crippen MR) is 105 cm³/mol. The summed E-state index contributed by atoms with van der Waals surface area (Å²) in [6.45, 7) is 1.94. The van der Waals surface area contributed by atoms with Crippen LogP contribution in [0, 0.1) is 5.82 Å². The Kier molecular flexibility index (Phi) is 5.11. The van der Waals surface area contributed by atoms with Gasteiger partial charge in [0, 0.05) is 25.2 Å². The molecule has 0 atom stereocenters. The maximum absolute atomic E-state index is 13.3. The lowest BCUT2D eigenvalue weighted by Crippen LogP contribution is -2.47. The van der Waals surface area contributed by atoms with Crippen LogP contribution in [0.15, 0.2) is 48.5 Å². The van der Waals surface area contributed by atoms with Gasteiger partial charge in [0.1, 0.15) is 11.6 Å². The van der Waals surface area contributed by atoms with Gasteiger partial charge in [-0.2, -0.15) is 0 Å². The summed E-state index contributed by atoms with van der Waals surface area (Å²) in [5.74, 6) is 0.586. The predicted octanol–water partition coefficient (Wildman–Crippen LogP) is 3.73. The zero-order valence-corrected chi connectivity index (χ0v) is 16.2. The lowest BCUT2D eigenvalue weighted by Gasteiger charge is -2.38. The van der Waals surface area contributed by atoms with Gasteiger partial charge in [-0.25, -0.2) is 4.39 Å². The van der Waals surface area contributed by atoms with Crippen LogP contribution in [-0.2, 0) is 20.4 Å². The Labute approximate surface area is 165 Å². The van der Waals surface area contributed by atoms with Crippen molar-refractivity contribution >= 4 is 5.91 Å². The third-order valence-corrected chi connectivity index (χ3v) is 6.32. The second-order valence-corrected chi connectivity index (χ2v) is 7.89. The molecule has 2 aromatic rings. The lowest BCUT2D eigenvalue weighted by atomic mass is 9.74. The van der Waals surface area contributed by atoms with Crippen molar-refractivity contribution in [3.63, 3.8) is 0 Å². The molecular formula is C23H26FNO3. The lowest BCUT2D eigenvalue weighted by molar-refractivity contribution is -0.124. The van der Waals surface area contributed by atoms with E-state index in [4.69, 9.17) is 9.47 Å². The van der Waals surface area contributed by atoms with E-state index < -0.39 is 5.41 Å². The number of hydrogen-bond donors (Lipinski definition) is 1. The van der Waals surface area contributed by atoms with Crippen LogP contribution in [0.4, 0.5) is 4.39 Å². The van der Waals surface area contributed by atoms with Gasteiger partial charge in [0.05, 0.1) is 12.5 Å². The van der Waals surface area contributed by atoms with Crippen molar-refractivity contribution in [1.29, 1.82) is 0 Å². The number of amides is 1. The molecule has 4 rings (SSSR count). The Morgan fingerprint density at radius 2 is 1.61 bits per heavy atom. The first-order valence-electron chi connectivity index (χ1n) is 9.85. The van der Waals surface area contributed by atoms with E-state index in [-0.39, 0.29) is 17.1 Å². The molecule has 0 unspecified atom stereocenters. The Hall–Kier alpha value is -2.40. The Bertz CT molecular complexity index is 822. The molecule has 1 amide bonds. The molecule has 2 aromatic carbocycles. The number of halogens is 1. The van der Waals surface area contributed by atoms with Gasteiger partial charge >= 0.3 is 0 Å². The van der Waals surface area contributed by atoms with Gasteiger partial charge in [-0.1, -0.05) is 24.3 Å². The summed E-state index contributed by atoms with van der Waals surface area (Å²) < 4.78 is 24.1. The first-order valence-corrected chi connectivity index (χ1v) is 9.85. The highest BCUT2D eigenvalue weighted by atomic mass is 19.1. The van der Waals surface area contributed by atoms with Crippen LogP contribution < -0.4 is 10.1 Å². The third kappa shape index (κ3) is 3.51. The SMILES string of the molecule is COc1ccc(C2(CNC(=O)C3(c4ccc(F)cc4)CC3)CCOCC2)cc1. The van der Waals surface area contributed by atoms with E-state index in [0.717, 1.165) is 37.0 Å². The highest BCUT2D eigenvalue weighted by molar-refractivity contribution is 5.91. The topological polar surface area (TPSA) is 47.6 Å². The summed E-state index contributed by atoms with van der Waals surface area (Å²) in [5.41, 5.74) is 1.46. The van der Waals surface area contributed by atoms with Crippen LogP contribution in [-0.4, -0.2) is 32.8 Å². The van der Waals surface area contributed by atoms with Crippen molar-refractivity contribution in [1.82, 2.24) is 5.32 Å². The summed E-state index contributed by atoms with van der Waals surface area (Å²) in [5, 5.41) is 3.22. The molecular weight excluding hydrogens is 357 g/mol. The van der Waals surface area contributed by atoms with E-state index in [1.165, 1.54) is 17.7 Å². The van der Waals surface area contributed by atoms with E-state index in [1.54, 1.807) is 19.2 Å². The van der Waals surface area contributed by atoms with E-state index in [9.17, 15) is 9.18 Å². The maximum atomic E-state index is 13.3. The molecule has 5 heteroatoms. The number of hydrogen-bond acceptors (Lipinski definition) is 3. The van der Waals surface area contributed by atoms with E-state index in [2.05, 4.69) is 17.4 Å². The van der Waals surface area contributed by atoms with Gasteiger partial charge in [0.2, 0.25) is 5.91 Å². The van der Waals surface area contributed by atoms with Crippen molar-refractivity contribution in [3.8, 4) is 5.75 Å². The number of rotatable bonds is 6. The molecule has 1 heterocycles. The first kappa shape index (κ1) is 18.9. The molecule has 0 spiro atoms. The Morgan fingerprint density at radius 1 is 1.00 bits per heavy atom. The number of benzene rings is 2. The van der Waals surface area contributed by atoms with Crippen LogP contribution in [0.3, 0.4) is 0 Å². The molecule has 0 bridgehead atoms. The number of carbonyl (C=O) groups is 1. The molecule has 4 nitrogen and oxygen atoms in total. The van der Waals surface area contributed by atoms with E-state index in [0.29, 0.717) is 19.8 Å². The largest absolute Gasteiger partial charge is 0.497 e. The van der Waals surface area contributed by atoms with Crippen LogP contribution in [0.2, 0.25) is 0 Å². The minimum atomic E-state index is -0.500. The molecule has 28 heavy (non-hydrogen) atoms. The molecule has 1 N–H and O–H groups in total. The zero-order valence-electron chi connectivity index (χ0n) is 16.2. The molecule has 0 radical (unpaired) electrons. The first-order chi connectivity index (χ1) is 13.6. The average Bonchev–Trinajstić information content (AvgIpc) is 3.55. The molecule has 2 aliphatic rings. The van der Waals surface area contributed by atoms with Crippen molar-refractivity contribution in [2.75, 3.05) is 26.9 Å². The molecule has 1 saturated heterocycles.